The summed E-state index contributed by atoms with van der Waals surface area (Å²) in [6.07, 6.45) is -0.0987. The van der Waals surface area contributed by atoms with Crippen LogP contribution in [0.4, 0.5) is 0 Å². The zero-order valence-corrected chi connectivity index (χ0v) is 9.55. The summed E-state index contributed by atoms with van der Waals surface area (Å²) in [5.74, 6) is -0.0593. The highest BCUT2D eigenvalue weighted by atomic mass is 35.5. The molecule has 0 radical (unpaired) electrons. The summed E-state index contributed by atoms with van der Waals surface area (Å²) in [4.78, 5) is 10.8. The smallest absolute Gasteiger partial charge is 0.324 e. The summed E-state index contributed by atoms with van der Waals surface area (Å²) in [5, 5.41) is 0. The van der Waals surface area contributed by atoms with Gasteiger partial charge >= 0.3 is 5.97 Å². The van der Waals surface area contributed by atoms with Gasteiger partial charge in [-0.15, -0.1) is 24.8 Å². The lowest BCUT2D eigenvalue weighted by Crippen LogP contribution is -2.35. The van der Waals surface area contributed by atoms with Crippen molar-refractivity contribution in [1.29, 1.82) is 0 Å². The predicted molar refractivity (Wildman–Crippen MR) is 57.6 cm³/mol. The van der Waals surface area contributed by atoms with E-state index in [9.17, 15) is 4.79 Å². The maximum absolute atomic E-state index is 10.8. The fraction of sp³-hybridized carbons (Fsp3) is 0.833. The molecule has 76 valence electrons. The van der Waals surface area contributed by atoms with Gasteiger partial charge in [-0.2, -0.15) is 12.6 Å². The number of thiol groups is 1. The molecule has 0 aromatic heterocycles. The van der Waals surface area contributed by atoms with E-state index < -0.39 is 6.04 Å². The van der Waals surface area contributed by atoms with Gasteiger partial charge in [0, 0.05) is 5.75 Å². The second-order valence-corrected chi connectivity index (χ2v) is 2.64. The highest BCUT2D eigenvalue weighted by Crippen LogP contribution is 1.93. The Morgan fingerprint density at radius 2 is 1.92 bits per heavy atom. The number of esters is 1. The summed E-state index contributed by atoms with van der Waals surface area (Å²) >= 11 is 3.85. The molecule has 2 N–H and O–H groups in total. The van der Waals surface area contributed by atoms with Gasteiger partial charge in [0.05, 0.1) is 6.10 Å². The van der Waals surface area contributed by atoms with Crippen molar-refractivity contribution in [1.82, 2.24) is 0 Å². The lowest BCUT2D eigenvalue weighted by Gasteiger charge is -2.10. The maximum Gasteiger partial charge on any atom is 0.324 e. The minimum Gasteiger partial charge on any atom is -0.462 e. The van der Waals surface area contributed by atoms with E-state index in [-0.39, 0.29) is 36.9 Å². The molecule has 0 aliphatic heterocycles. The lowest BCUT2D eigenvalue weighted by atomic mass is 10.3. The lowest BCUT2D eigenvalue weighted by molar-refractivity contribution is -0.148. The van der Waals surface area contributed by atoms with Crippen LogP contribution in [0, 0.1) is 0 Å². The third-order valence-corrected chi connectivity index (χ3v) is 1.24. The first kappa shape index (κ1) is 18.2. The quantitative estimate of drug-likeness (QED) is 0.568. The Bertz CT molecular complexity index is 124. The number of carbonyl (C=O) groups excluding carboxylic acids is 1. The number of halogens is 2. The molecule has 0 bridgehead atoms. The Morgan fingerprint density at radius 1 is 1.50 bits per heavy atom. The molecule has 3 nitrogen and oxygen atoms in total. The van der Waals surface area contributed by atoms with E-state index in [2.05, 4.69) is 12.6 Å². The molecule has 0 spiro atoms. The van der Waals surface area contributed by atoms with Crippen molar-refractivity contribution in [3.05, 3.63) is 0 Å². The summed E-state index contributed by atoms with van der Waals surface area (Å²) in [6, 6.07) is -0.592. The maximum atomic E-state index is 10.8. The average molecular weight is 236 g/mol. The highest BCUT2D eigenvalue weighted by molar-refractivity contribution is 7.80. The predicted octanol–water partition coefficient (Wildman–Crippen LogP) is 1.04. The first-order valence-corrected chi connectivity index (χ1v) is 3.78. The van der Waals surface area contributed by atoms with Crippen molar-refractivity contribution in [2.75, 3.05) is 5.75 Å². The van der Waals surface area contributed by atoms with E-state index in [0.29, 0.717) is 5.75 Å². The van der Waals surface area contributed by atoms with Crippen LogP contribution >= 0.6 is 37.4 Å². The van der Waals surface area contributed by atoms with Crippen molar-refractivity contribution < 1.29 is 9.53 Å². The highest BCUT2D eigenvalue weighted by Gasteiger charge is 2.13. The molecule has 6 heteroatoms. The van der Waals surface area contributed by atoms with Crippen LogP contribution in [0.15, 0.2) is 0 Å². The largest absolute Gasteiger partial charge is 0.462 e. The number of hydrogen-bond acceptors (Lipinski definition) is 4. The standard InChI is InChI=1S/C6H13NO2S.2ClH/c1-4(2)9-6(8)5(7)3-10;;/h4-5,10H,3,7H2,1-2H3;2*1H/t5-;;/m0../s1. The van der Waals surface area contributed by atoms with Crippen molar-refractivity contribution in [3.8, 4) is 0 Å². The fourth-order valence-electron chi connectivity index (χ4n) is 0.394. The van der Waals surface area contributed by atoms with Crippen molar-refractivity contribution >= 4 is 43.4 Å². The molecule has 0 aromatic rings. The van der Waals surface area contributed by atoms with E-state index >= 15 is 0 Å². The molecular formula is C6H15Cl2NO2S. The molecule has 0 unspecified atom stereocenters. The molecule has 0 aromatic carbocycles. The first-order chi connectivity index (χ1) is 4.57. The molecule has 1 atom stereocenters. The normalized spacial score (nSPS) is 11.1. The Kier molecular flexibility index (Phi) is 14.3. The van der Waals surface area contributed by atoms with Crippen molar-refractivity contribution in [2.24, 2.45) is 5.73 Å². The summed E-state index contributed by atoms with van der Waals surface area (Å²) in [7, 11) is 0. The molecule has 0 heterocycles. The number of hydrogen-bond donors (Lipinski definition) is 2. The third-order valence-electron chi connectivity index (χ3n) is 0.851. The van der Waals surface area contributed by atoms with Crippen LogP contribution in [-0.4, -0.2) is 23.9 Å². The van der Waals surface area contributed by atoms with Gasteiger partial charge in [0.25, 0.3) is 0 Å². The Hall–Kier alpha value is 0.360. The van der Waals surface area contributed by atoms with Crippen molar-refractivity contribution in [2.45, 2.75) is 26.0 Å². The molecule has 0 aliphatic carbocycles. The topological polar surface area (TPSA) is 52.3 Å². The number of ether oxygens (including phenoxy) is 1. The first-order valence-electron chi connectivity index (χ1n) is 3.15. The third kappa shape index (κ3) is 8.46. The average Bonchev–Trinajstić information content (AvgIpc) is 1.85. The zero-order valence-electron chi connectivity index (χ0n) is 7.02. The van der Waals surface area contributed by atoms with E-state index in [1.165, 1.54) is 0 Å². The van der Waals surface area contributed by atoms with Crippen molar-refractivity contribution in [3.63, 3.8) is 0 Å². The summed E-state index contributed by atoms with van der Waals surface area (Å²) < 4.78 is 4.79. The number of carbonyl (C=O) groups is 1. The van der Waals surface area contributed by atoms with Gasteiger partial charge in [0.1, 0.15) is 6.04 Å². The molecule has 0 fully saturated rings. The van der Waals surface area contributed by atoms with Gasteiger partial charge < -0.3 is 10.5 Å². The second-order valence-electron chi connectivity index (χ2n) is 2.27. The van der Waals surface area contributed by atoms with Gasteiger partial charge in [-0.3, -0.25) is 4.79 Å². The molecule has 12 heavy (non-hydrogen) atoms. The summed E-state index contributed by atoms with van der Waals surface area (Å²) in [5.41, 5.74) is 5.31. The summed E-state index contributed by atoms with van der Waals surface area (Å²) in [6.45, 7) is 3.56. The van der Waals surface area contributed by atoms with E-state index in [1.54, 1.807) is 13.8 Å². The fourth-order valence-corrected chi connectivity index (χ4v) is 0.543. The van der Waals surface area contributed by atoms with Gasteiger partial charge in [-0.25, -0.2) is 0 Å². The van der Waals surface area contributed by atoms with Crippen LogP contribution in [0.2, 0.25) is 0 Å². The van der Waals surface area contributed by atoms with E-state index in [0.717, 1.165) is 0 Å². The Balaban J connectivity index is -0.000000405. The van der Waals surface area contributed by atoms with Crippen LogP contribution in [-0.2, 0) is 9.53 Å². The van der Waals surface area contributed by atoms with Gasteiger partial charge in [0.2, 0.25) is 0 Å². The molecule has 0 rings (SSSR count). The number of nitrogens with two attached hydrogens (primary N) is 1. The van der Waals surface area contributed by atoms with Crippen LogP contribution in [0.25, 0.3) is 0 Å². The Labute approximate surface area is 90.6 Å². The Morgan fingerprint density at radius 3 is 2.17 bits per heavy atom. The minimum absolute atomic E-state index is 0. The van der Waals surface area contributed by atoms with Crippen LogP contribution < -0.4 is 5.73 Å². The van der Waals surface area contributed by atoms with Crippen LogP contribution in [0.5, 0.6) is 0 Å². The van der Waals surface area contributed by atoms with E-state index in [1.807, 2.05) is 0 Å². The van der Waals surface area contributed by atoms with E-state index in [4.69, 9.17) is 10.5 Å². The SMILES string of the molecule is CC(C)OC(=O)[C@@H](N)CS.Cl.Cl. The molecule has 0 saturated heterocycles. The van der Waals surface area contributed by atoms with Gasteiger partial charge in [0.15, 0.2) is 0 Å². The molecule has 0 saturated carbocycles. The second kappa shape index (κ2) is 9.45. The van der Waals surface area contributed by atoms with Crippen LogP contribution in [0.3, 0.4) is 0 Å². The zero-order chi connectivity index (χ0) is 8.15. The van der Waals surface area contributed by atoms with Gasteiger partial charge in [-0.1, -0.05) is 0 Å². The molecule has 0 amide bonds. The number of rotatable bonds is 3. The minimum atomic E-state index is -0.592. The van der Waals surface area contributed by atoms with Gasteiger partial charge in [-0.05, 0) is 13.8 Å². The van der Waals surface area contributed by atoms with Crippen LogP contribution in [0.1, 0.15) is 13.8 Å². The molecule has 0 aliphatic rings. The molecular weight excluding hydrogens is 221 g/mol. The monoisotopic (exact) mass is 235 g/mol.